The van der Waals surface area contributed by atoms with Crippen molar-refractivity contribution in [2.75, 3.05) is 25.5 Å². The van der Waals surface area contributed by atoms with Gasteiger partial charge in [-0.05, 0) is 79.9 Å². The maximum atomic E-state index is 13.3. The van der Waals surface area contributed by atoms with Gasteiger partial charge in [0.05, 0.1) is 22.1 Å². The van der Waals surface area contributed by atoms with Gasteiger partial charge in [0.2, 0.25) is 15.9 Å². The molecule has 0 unspecified atom stereocenters. The smallest absolute Gasteiger partial charge is 0.262 e. The Morgan fingerprint density at radius 2 is 1.83 bits per heavy atom. The molecule has 42 heavy (non-hydrogen) atoms. The summed E-state index contributed by atoms with van der Waals surface area (Å²) in [5.74, 6) is -1.33. The summed E-state index contributed by atoms with van der Waals surface area (Å²) in [5.41, 5.74) is 1.27. The van der Waals surface area contributed by atoms with E-state index < -0.39 is 34.4 Å². The van der Waals surface area contributed by atoms with Gasteiger partial charge < -0.3 is 15.4 Å². The van der Waals surface area contributed by atoms with Gasteiger partial charge in [0.15, 0.2) is 12.4 Å². The van der Waals surface area contributed by atoms with Crippen LogP contribution in [-0.2, 0) is 19.6 Å². The highest BCUT2D eigenvalue weighted by Crippen LogP contribution is 2.30. The zero-order valence-corrected chi connectivity index (χ0v) is 24.9. The fourth-order valence-electron chi connectivity index (χ4n) is 4.60. The molecule has 13 heteroatoms. The summed E-state index contributed by atoms with van der Waals surface area (Å²) >= 11 is 12.2. The quantitative estimate of drug-likeness (QED) is 0.336. The number of rotatable bonds is 9. The molecule has 0 radical (unpaired) electrons. The Morgan fingerprint density at radius 3 is 2.52 bits per heavy atom. The number of carbonyl (C=O) groups is 3. The van der Waals surface area contributed by atoms with Crippen LogP contribution in [0.3, 0.4) is 0 Å². The Labute approximate surface area is 253 Å². The number of nitriles is 1. The van der Waals surface area contributed by atoms with Crippen LogP contribution in [0.2, 0.25) is 10.0 Å². The summed E-state index contributed by atoms with van der Waals surface area (Å²) in [6.45, 7) is 1.41. The summed E-state index contributed by atoms with van der Waals surface area (Å²) in [4.78, 5) is 38.2. The fraction of sp³-hybridized carbons (Fsp3) is 0.241. The summed E-state index contributed by atoms with van der Waals surface area (Å²) in [6, 6.07) is 14.0. The number of amides is 2. The van der Waals surface area contributed by atoms with Crippen molar-refractivity contribution in [1.82, 2.24) is 9.62 Å². The average molecular weight is 630 g/mol. The number of nitrogens with one attached hydrogen (secondary N) is 2. The zero-order chi connectivity index (χ0) is 30.6. The maximum absolute atomic E-state index is 13.3. The third kappa shape index (κ3) is 6.74. The molecule has 0 spiro atoms. The molecule has 10 nitrogen and oxygen atoms in total. The van der Waals surface area contributed by atoms with Crippen molar-refractivity contribution in [2.24, 2.45) is 0 Å². The first-order valence-electron chi connectivity index (χ1n) is 12.8. The Morgan fingerprint density at radius 1 is 1.07 bits per heavy atom. The molecule has 1 heterocycles. The number of anilines is 1. The molecule has 0 aromatic heterocycles. The number of benzene rings is 3. The van der Waals surface area contributed by atoms with E-state index in [-0.39, 0.29) is 49.8 Å². The van der Waals surface area contributed by atoms with Crippen LogP contribution in [0.5, 0.6) is 5.75 Å². The minimum absolute atomic E-state index is 0.00920. The van der Waals surface area contributed by atoms with Gasteiger partial charge in [-0.3, -0.25) is 14.4 Å². The van der Waals surface area contributed by atoms with Crippen LogP contribution in [-0.4, -0.2) is 56.6 Å². The number of hydrogen-bond donors (Lipinski definition) is 2. The highest BCUT2D eigenvalue weighted by molar-refractivity contribution is 7.89. The number of aryl methyl sites for hydroxylation is 1. The first-order chi connectivity index (χ1) is 19.9. The number of likely N-dealkylation sites (N-methyl/N-ethyl adjacent to an activating group) is 1. The molecule has 1 aliphatic rings. The van der Waals surface area contributed by atoms with Crippen molar-refractivity contribution in [2.45, 2.75) is 30.7 Å². The Bertz CT molecular complexity index is 1720. The second-order valence-corrected chi connectivity index (χ2v) is 12.3. The number of ketones is 1. The number of sulfonamides is 1. The van der Waals surface area contributed by atoms with Gasteiger partial charge in [-0.2, -0.15) is 9.57 Å². The van der Waals surface area contributed by atoms with Crippen molar-refractivity contribution >= 4 is 56.5 Å². The van der Waals surface area contributed by atoms with Crippen molar-refractivity contribution in [3.63, 3.8) is 0 Å². The van der Waals surface area contributed by atoms with E-state index in [9.17, 15) is 28.1 Å². The standard InChI is InChI=1S/C29H26Cl2N4O6S/c1-17-10-22(42(39,40)35-9-3-4-25(35)29(38)33-2)6-7-24(17)34-27(36)16-41-26-8-5-20(30)14-23(26)28(37)19-11-18(15-32)12-21(31)13-19/h5-8,10-14,25H,3-4,9,16H2,1-2H3,(H,33,38)(H,34,36)/t25-/m0/s1. The lowest BCUT2D eigenvalue weighted by atomic mass is 10.0. The van der Waals surface area contributed by atoms with Crippen molar-refractivity contribution in [1.29, 1.82) is 5.26 Å². The van der Waals surface area contributed by atoms with E-state index in [1.165, 1.54) is 66.0 Å². The van der Waals surface area contributed by atoms with E-state index >= 15 is 0 Å². The predicted molar refractivity (Wildman–Crippen MR) is 157 cm³/mol. The second-order valence-electron chi connectivity index (χ2n) is 9.51. The van der Waals surface area contributed by atoms with Crippen LogP contribution < -0.4 is 15.4 Å². The van der Waals surface area contributed by atoms with Gasteiger partial charge >= 0.3 is 0 Å². The Balaban J connectivity index is 1.47. The molecule has 3 aromatic carbocycles. The predicted octanol–water partition coefficient (Wildman–Crippen LogP) is 4.32. The summed E-state index contributed by atoms with van der Waals surface area (Å²) in [6.07, 6.45) is 1.01. The lowest BCUT2D eigenvalue weighted by Gasteiger charge is -2.23. The lowest BCUT2D eigenvalue weighted by Crippen LogP contribution is -2.44. The van der Waals surface area contributed by atoms with Crippen LogP contribution in [0.1, 0.15) is 39.9 Å². The van der Waals surface area contributed by atoms with Gasteiger partial charge in [0.25, 0.3) is 5.91 Å². The molecule has 2 N–H and O–H groups in total. The number of carbonyl (C=O) groups excluding carboxylic acids is 3. The molecule has 1 atom stereocenters. The van der Waals surface area contributed by atoms with Crippen molar-refractivity contribution in [3.05, 3.63) is 86.9 Å². The van der Waals surface area contributed by atoms with E-state index in [1.54, 1.807) is 6.92 Å². The largest absolute Gasteiger partial charge is 0.483 e. The van der Waals surface area contributed by atoms with E-state index in [4.69, 9.17) is 27.9 Å². The minimum Gasteiger partial charge on any atom is -0.483 e. The van der Waals surface area contributed by atoms with Gasteiger partial charge in [-0.1, -0.05) is 23.2 Å². The SMILES string of the molecule is CNC(=O)[C@@H]1CCCN1S(=O)(=O)c1ccc(NC(=O)COc2ccc(Cl)cc2C(=O)c2cc(Cl)cc(C#N)c2)c(C)c1. The fourth-order valence-corrected chi connectivity index (χ4v) is 6.75. The second kappa shape index (κ2) is 12.9. The van der Waals surface area contributed by atoms with Crippen molar-refractivity contribution < 1.29 is 27.5 Å². The normalized spacial score (nSPS) is 15.1. The molecule has 2 amide bonds. The van der Waals surface area contributed by atoms with E-state index in [1.807, 2.05) is 6.07 Å². The molecular weight excluding hydrogens is 603 g/mol. The van der Waals surface area contributed by atoms with Crippen molar-refractivity contribution in [3.8, 4) is 11.8 Å². The lowest BCUT2D eigenvalue weighted by molar-refractivity contribution is -0.123. The highest BCUT2D eigenvalue weighted by atomic mass is 35.5. The first kappa shape index (κ1) is 31.0. The van der Waals surface area contributed by atoms with E-state index in [2.05, 4.69) is 10.6 Å². The first-order valence-corrected chi connectivity index (χ1v) is 15.0. The molecular formula is C29H26Cl2N4O6S. The summed E-state index contributed by atoms with van der Waals surface area (Å²) in [5, 5.41) is 14.9. The molecule has 1 saturated heterocycles. The summed E-state index contributed by atoms with van der Waals surface area (Å²) in [7, 11) is -2.47. The molecule has 0 saturated carbocycles. The van der Waals surface area contributed by atoms with E-state index in [0.717, 1.165) is 0 Å². The monoisotopic (exact) mass is 628 g/mol. The van der Waals surface area contributed by atoms with Gasteiger partial charge in [-0.15, -0.1) is 0 Å². The number of nitrogens with zero attached hydrogens (tertiary/aromatic N) is 2. The van der Waals surface area contributed by atoms with Crippen LogP contribution in [0.25, 0.3) is 0 Å². The average Bonchev–Trinajstić information content (AvgIpc) is 3.47. The molecule has 1 fully saturated rings. The third-order valence-electron chi connectivity index (χ3n) is 6.67. The van der Waals surface area contributed by atoms with E-state index in [0.29, 0.717) is 24.1 Å². The molecule has 218 valence electrons. The molecule has 3 aromatic rings. The Kier molecular flexibility index (Phi) is 9.53. The summed E-state index contributed by atoms with van der Waals surface area (Å²) < 4.78 is 33.4. The highest BCUT2D eigenvalue weighted by Gasteiger charge is 2.39. The number of ether oxygens (including phenoxy) is 1. The topological polar surface area (TPSA) is 146 Å². The van der Waals surface area contributed by atoms with Crippen LogP contribution in [0, 0.1) is 18.3 Å². The minimum atomic E-state index is -3.94. The number of hydrogen-bond acceptors (Lipinski definition) is 7. The molecule has 0 bridgehead atoms. The van der Waals surface area contributed by atoms with Crippen LogP contribution >= 0.6 is 23.2 Å². The number of halogens is 2. The Hall–Kier alpha value is -3.95. The van der Waals surface area contributed by atoms with Gasteiger partial charge in [0, 0.05) is 34.9 Å². The molecule has 1 aliphatic heterocycles. The van der Waals surface area contributed by atoms with Gasteiger partial charge in [0.1, 0.15) is 11.8 Å². The van der Waals surface area contributed by atoms with Crippen LogP contribution in [0.4, 0.5) is 5.69 Å². The third-order valence-corrected chi connectivity index (χ3v) is 9.02. The molecule has 0 aliphatic carbocycles. The molecule has 4 rings (SSSR count). The van der Waals surface area contributed by atoms with Gasteiger partial charge in [-0.25, -0.2) is 8.42 Å². The van der Waals surface area contributed by atoms with Crippen LogP contribution in [0.15, 0.2) is 59.5 Å². The maximum Gasteiger partial charge on any atom is 0.262 e. The zero-order valence-electron chi connectivity index (χ0n) is 22.6.